The minimum absolute atomic E-state index is 0.425. The molecule has 0 spiro atoms. The predicted octanol–water partition coefficient (Wildman–Crippen LogP) is 3.59. The molecule has 0 atom stereocenters. The molecular formula is C11H9ClN2S. The molecule has 0 amide bonds. The van der Waals surface area contributed by atoms with Gasteiger partial charge in [0.25, 0.3) is 0 Å². The van der Waals surface area contributed by atoms with Crippen LogP contribution >= 0.6 is 23.4 Å². The van der Waals surface area contributed by atoms with Gasteiger partial charge in [0.05, 0.1) is 12.4 Å². The molecule has 76 valence electrons. The van der Waals surface area contributed by atoms with E-state index in [1.807, 2.05) is 12.1 Å². The number of hydrogen-bond donors (Lipinski definition) is 0. The summed E-state index contributed by atoms with van der Waals surface area (Å²) < 4.78 is 0. The fourth-order valence-corrected chi connectivity index (χ4v) is 2.21. The summed E-state index contributed by atoms with van der Waals surface area (Å²) in [6, 6.07) is 8.15. The van der Waals surface area contributed by atoms with Gasteiger partial charge in [-0.15, -0.1) is 0 Å². The van der Waals surface area contributed by atoms with Crippen LogP contribution in [0.4, 0.5) is 0 Å². The highest BCUT2D eigenvalue weighted by molar-refractivity contribution is 7.99. The predicted molar refractivity (Wildman–Crippen MR) is 62.3 cm³/mol. The molecule has 0 fully saturated rings. The maximum Gasteiger partial charge on any atom is 0.148 e. The Labute approximate surface area is 97.7 Å². The molecule has 2 nitrogen and oxygen atoms in total. The first-order chi connectivity index (χ1) is 7.25. The Balaban J connectivity index is 2.26. The minimum Gasteiger partial charge on any atom is -0.259 e. The maximum absolute atomic E-state index is 5.76. The molecule has 0 aliphatic rings. The molecule has 0 N–H and O–H groups in total. The van der Waals surface area contributed by atoms with E-state index < -0.39 is 0 Å². The Morgan fingerprint density at radius 3 is 2.73 bits per heavy atom. The first-order valence-electron chi connectivity index (χ1n) is 4.47. The Morgan fingerprint density at radius 1 is 1.20 bits per heavy atom. The van der Waals surface area contributed by atoms with Crippen LogP contribution in [0, 0.1) is 6.92 Å². The molecule has 2 aromatic rings. The van der Waals surface area contributed by atoms with Gasteiger partial charge in [0.15, 0.2) is 0 Å². The monoisotopic (exact) mass is 236 g/mol. The molecule has 0 radical (unpaired) electrons. The van der Waals surface area contributed by atoms with Crippen molar-refractivity contribution in [1.29, 1.82) is 0 Å². The van der Waals surface area contributed by atoms with Crippen LogP contribution in [0.15, 0.2) is 46.6 Å². The highest BCUT2D eigenvalue weighted by Gasteiger charge is 2.02. The van der Waals surface area contributed by atoms with Crippen molar-refractivity contribution in [1.82, 2.24) is 9.97 Å². The van der Waals surface area contributed by atoms with Gasteiger partial charge in [0.2, 0.25) is 0 Å². The van der Waals surface area contributed by atoms with E-state index in [1.165, 1.54) is 16.7 Å². The van der Waals surface area contributed by atoms with Crippen molar-refractivity contribution in [2.75, 3.05) is 0 Å². The van der Waals surface area contributed by atoms with Crippen molar-refractivity contribution in [2.24, 2.45) is 0 Å². The summed E-state index contributed by atoms with van der Waals surface area (Å²) in [4.78, 5) is 9.35. The third-order valence-corrected chi connectivity index (χ3v) is 3.16. The van der Waals surface area contributed by atoms with Crippen LogP contribution in [0.5, 0.6) is 0 Å². The quantitative estimate of drug-likeness (QED) is 0.797. The lowest BCUT2D eigenvalue weighted by Gasteiger charge is -2.03. The second-order valence-electron chi connectivity index (χ2n) is 3.05. The van der Waals surface area contributed by atoms with Gasteiger partial charge >= 0.3 is 0 Å². The standard InChI is InChI=1S/C11H9ClN2S/c1-8-4-2-3-5-9(8)15-11-7-13-6-10(12)14-11/h2-7H,1H3. The summed E-state index contributed by atoms with van der Waals surface area (Å²) in [5.74, 6) is 0. The molecule has 0 saturated carbocycles. The minimum atomic E-state index is 0.425. The molecule has 0 unspecified atom stereocenters. The van der Waals surface area contributed by atoms with Crippen LogP contribution in [0.2, 0.25) is 5.15 Å². The van der Waals surface area contributed by atoms with Crippen molar-refractivity contribution < 1.29 is 0 Å². The normalized spacial score (nSPS) is 10.3. The lowest BCUT2D eigenvalue weighted by Crippen LogP contribution is -1.84. The summed E-state index contributed by atoms with van der Waals surface area (Å²) >= 11 is 7.33. The molecule has 1 aromatic carbocycles. The Kier molecular flexibility index (Phi) is 3.23. The van der Waals surface area contributed by atoms with E-state index in [0.29, 0.717) is 5.15 Å². The number of hydrogen-bond acceptors (Lipinski definition) is 3. The molecule has 0 saturated heterocycles. The number of halogens is 1. The third-order valence-electron chi connectivity index (χ3n) is 1.89. The van der Waals surface area contributed by atoms with Gasteiger partial charge in [0, 0.05) is 4.90 Å². The van der Waals surface area contributed by atoms with Gasteiger partial charge in [-0.1, -0.05) is 41.6 Å². The van der Waals surface area contributed by atoms with Crippen LogP contribution in [-0.4, -0.2) is 9.97 Å². The summed E-state index contributed by atoms with van der Waals surface area (Å²) in [5.41, 5.74) is 1.23. The Bertz CT molecular complexity index is 474. The van der Waals surface area contributed by atoms with E-state index in [4.69, 9.17) is 11.6 Å². The zero-order valence-electron chi connectivity index (χ0n) is 8.14. The van der Waals surface area contributed by atoms with E-state index in [2.05, 4.69) is 29.0 Å². The lowest BCUT2D eigenvalue weighted by atomic mass is 10.2. The van der Waals surface area contributed by atoms with Crippen LogP contribution < -0.4 is 0 Å². The van der Waals surface area contributed by atoms with Crippen molar-refractivity contribution in [3.05, 3.63) is 47.4 Å². The average molecular weight is 237 g/mol. The largest absolute Gasteiger partial charge is 0.259 e. The highest BCUT2D eigenvalue weighted by atomic mass is 35.5. The van der Waals surface area contributed by atoms with Gasteiger partial charge in [-0.2, -0.15) is 0 Å². The smallest absolute Gasteiger partial charge is 0.148 e. The molecule has 15 heavy (non-hydrogen) atoms. The topological polar surface area (TPSA) is 25.8 Å². The molecule has 1 heterocycles. The molecule has 0 aliphatic heterocycles. The van der Waals surface area contributed by atoms with Crippen molar-refractivity contribution in [2.45, 2.75) is 16.8 Å². The number of benzene rings is 1. The molecule has 1 aromatic heterocycles. The van der Waals surface area contributed by atoms with E-state index in [1.54, 1.807) is 18.0 Å². The number of rotatable bonds is 2. The van der Waals surface area contributed by atoms with E-state index in [-0.39, 0.29) is 0 Å². The Morgan fingerprint density at radius 2 is 2.00 bits per heavy atom. The van der Waals surface area contributed by atoms with Crippen molar-refractivity contribution >= 4 is 23.4 Å². The summed E-state index contributed by atoms with van der Waals surface area (Å²) in [6.07, 6.45) is 3.24. The van der Waals surface area contributed by atoms with E-state index in [9.17, 15) is 0 Å². The highest BCUT2D eigenvalue weighted by Crippen LogP contribution is 2.28. The molecular weight excluding hydrogens is 228 g/mol. The summed E-state index contributed by atoms with van der Waals surface area (Å²) in [7, 11) is 0. The van der Waals surface area contributed by atoms with Crippen LogP contribution in [0.3, 0.4) is 0 Å². The van der Waals surface area contributed by atoms with E-state index >= 15 is 0 Å². The van der Waals surface area contributed by atoms with Crippen molar-refractivity contribution in [3.8, 4) is 0 Å². The number of aryl methyl sites for hydroxylation is 1. The van der Waals surface area contributed by atoms with Crippen LogP contribution in [0.1, 0.15) is 5.56 Å². The number of nitrogens with zero attached hydrogens (tertiary/aromatic N) is 2. The first kappa shape index (κ1) is 10.5. The summed E-state index contributed by atoms with van der Waals surface area (Å²) in [6.45, 7) is 2.07. The molecule has 2 rings (SSSR count). The van der Waals surface area contributed by atoms with Crippen molar-refractivity contribution in [3.63, 3.8) is 0 Å². The lowest BCUT2D eigenvalue weighted by molar-refractivity contribution is 1.05. The molecule has 0 bridgehead atoms. The fourth-order valence-electron chi connectivity index (χ4n) is 1.16. The fraction of sp³-hybridized carbons (Fsp3) is 0.0909. The first-order valence-corrected chi connectivity index (χ1v) is 5.66. The summed E-state index contributed by atoms with van der Waals surface area (Å²) in [5, 5.41) is 1.24. The van der Waals surface area contributed by atoms with Gasteiger partial charge in [-0.25, -0.2) is 4.98 Å². The average Bonchev–Trinajstić information content (AvgIpc) is 2.22. The second-order valence-corrected chi connectivity index (χ2v) is 4.50. The maximum atomic E-state index is 5.76. The molecule has 0 aliphatic carbocycles. The molecule has 4 heteroatoms. The zero-order valence-corrected chi connectivity index (χ0v) is 9.72. The van der Waals surface area contributed by atoms with Gasteiger partial charge in [0.1, 0.15) is 10.2 Å². The van der Waals surface area contributed by atoms with E-state index in [0.717, 1.165) is 5.03 Å². The third kappa shape index (κ3) is 2.70. The van der Waals surface area contributed by atoms with Crippen LogP contribution in [0.25, 0.3) is 0 Å². The van der Waals surface area contributed by atoms with Gasteiger partial charge in [-0.05, 0) is 18.6 Å². The van der Waals surface area contributed by atoms with Gasteiger partial charge < -0.3 is 0 Å². The zero-order chi connectivity index (χ0) is 10.7. The van der Waals surface area contributed by atoms with Crippen LogP contribution in [-0.2, 0) is 0 Å². The number of aromatic nitrogens is 2. The van der Waals surface area contributed by atoms with Gasteiger partial charge in [-0.3, -0.25) is 4.98 Å². The second kappa shape index (κ2) is 4.64. The SMILES string of the molecule is Cc1ccccc1Sc1cncc(Cl)n1. The Hall–Kier alpha value is -1.06.